The molecule has 0 spiro atoms. The zero-order valence-corrected chi connectivity index (χ0v) is 22.1. The molecule has 1 aromatic carbocycles. The van der Waals surface area contributed by atoms with Crippen LogP contribution in [0.4, 0.5) is 4.39 Å². The lowest BCUT2D eigenvalue weighted by Gasteiger charge is -2.26. The molecule has 206 valence electrons. The summed E-state index contributed by atoms with van der Waals surface area (Å²) in [6.45, 7) is 1.62. The van der Waals surface area contributed by atoms with Crippen molar-refractivity contribution in [1.82, 2.24) is 19.4 Å². The van der Waals surface area contributed by atoms with Gasteiger partial charge in [-0.3, -0.25) is 14.2 Å². The molecule has 0 bridgehead atoms. The first-order valence-electron chi connectivity index (χ1n) is 12.4. The van der Waals surface area contributed by atoms with Crippen LogP contribution in [0.5, 0.6) is 5.75 Å². The van der Waals surface area contributed by atoms with Crippen LogP contribution in [0.3, 0.4) is 0 Å². The van der Waals surface area contributed by atoms with E-state index in [1.165, 1.54) is 42.3 Å². The minimum absolute atomic E-state index is 0.0993. The summed E-state index contributed by atoms with van der Waals surface area (Å²) in [7, 11) is 1.43. The normalized spacial score (nSPS) is 16.4. The summed E-state index contributed by atoms with van der Waals surface area (Å²) in [5.74, 6) is -0.338. The number of hydrogen-bond acceptors (Lipinski definition) is 9. The van der Waals surface area contributed by atoms with Crippen molar-refractivity contribution in [3.05, 3.63) is 68.4 Å². The number of aromatic nitrogens is 3. The number of nitrogens with zero attached hydrogens (tertiary/aromatic N) is 3. The van der Waals surface area contributed by atoms with Gasteiger partial charge in [-0.05, 0) is 43.5 Å². The third kappa shape index (κ3) is 4.88. The van der Waals surface area contributed by atoms with Crippen LogP contribution in [0, 0.1) is 12.7 Å². The smallest absolute Gasteiger partial charge is 0.332 e. The number of aryl methyl sites for hydroxylation is 1. The molecule has 1 aliphatic heterocycles. The van der Waals surface area contributed by atoms with E-state index >= 15 is 0 Å². The number of fused-ring (bicyclic) bond motifs is 1. The number of thiophene rings is 1. The molecule has 1 aliphatic rings. The molecule has 1 amide bonds. The highest BCUT2D eigenvalue weighted by atomic mass is 32.1. The van der Waals surface area contributed by atoms with E-state index in [9.17, 15) is 23.9 Å². The molecule has 4 aromatic rings. The summed E-state index contributed by atoms with van der Waals surface area (Å²) in [6.07, 6.45) is 2.87. The van der Waals surface area contributed by atoms with Crippen LogP contribution in [0.15, 0.2) is 44.7 Å². The van der Waals surface area contributed by atoms with Crippen LogP contribution in [0.2, 0.25) is 0 Å². The standard InChI is InChI=1S/C26H27FN4O7S/c1-14-20-24(34)31(17-4-3-7-28-22(17)33)26(35)30(25(20)39-21(14)23-29-8-10-38-23)13-19(37-11-9-32)16-12-15(27)5-6-18(16)36-2/h5-6,8,10,12,17,19,32H,3-4,7,9,11,13H2,1-2H3,(H,28,33)/t17-,19+/m1/s1. The Morgan fingerprint density at radius 2 is 2.15 bits per heavy atom. The average Bonchev–Trinajstić information content (AvgIpc) is 3.57. The molecule has 0 radical (unpaired) electrons. The maximum Gasteiger partial charge on any atom is 0.332 e. The SMILES string of the molecule is COc1ccc(F)cc1[C@H](Cn1c(=O)n([C@@H]2CCCNC2=O)c(=O)c2c(C)c(-c3ncco3)sc21)OCCO. The fourth-order valence-corrected chi connectivity index (χ4v) is 6.14. The Bertz CT molecular complexity index is 1630. The Balaban J connectivity index is 1.76. The van der Waals surface area contributed by atoms with Crippen molar-refractivity contribution in [2.24, 2.45) is 0 Å². The molecule has 0 saturated carbocycles. The predicted molar refractivity (Wildman–Crippen MR) is 141 cm³/mol. The third-order valence-corrected chi connectivity index (χ3v) is 8.04. The van der Waals surface area contributed by atoms with Crippen LogP contribution in [-0.4, -0.2) is 52.0 Å². The highest BCUT2D eigenvalue weighted by Gasteiger charge is 2.32. The van der Waals surface area contributed by atoms with E-state index < -0.39 is 35.1 Å². The molecule has 1 saturated heterocycles. The minimum atomic E-state index is -0.987. The topological polar surface area (TPSA) is 138 Å². The molecule has 2 atom stereocenters. The van der Waals surface area contributed by atoms with Gasteiger partial charge in [0.05, 0.1) is 43.3 Å². The fourth-order valence-electron chi connectivity index (χ4n) is 4.90. The van der Waals surface area contributed by atoms with Crippen molar-refractivity contribution in [1.29, 1.82) is 0 Å². The number of methoxy groups -OCH3 is 1. The maximum atomic E-state index is 14.3. The van der Waals surface area contributed by atoms with Gasteiger partial charge in [-0.15, -0.1) is 11.3 Å². The van der Waals surface area contributed by atoms with Gasteiger partial charge in [0, 0.05) is 12.1 Å². The summed E-state index contributed by atoms with van der Waals surface area (Å²) < 4.78 is 33.4. The molecule has 4 heterocycles. The van der Waals surface area contributed by atoms with Gasteiger partial charge < -0.3 is 24.3 Å². The number of benzene rings is 1. The summed E-state index contributed by atoms with van der Waals surface area (Å²) in [5, 5.41) is 12.4. The van der Waals surface area contributed by atoms with Crippen LogP contribution in [0.25, 0.3) is 21.0 Å². The number of nitrogens with one attached hydrogen (secondary N) is 1. The van der Waals surface area contributed by atoms with E-state index in [-0.39, 0.29) is 31.0 Å². The Labute approximate surface area is 225 Å². The molecule has 13 heteroatoms. The molecule has 0 unspecified atom stereocenters. The molecule has 1 fully saturated rings. The molecular weight excluding hydrogens is 531 g/mol. The Kier molecular flexibility index (Phi) is 7.64. The lowest BCUT2D eigenvalue weighted by molar-refractivity contribution is -0.126. The quantitative estimate of drug-likeness (QED) is 0.320. The van der Waals surface area contributed by atoms with Crippen molar-refractivity contribution < 1.29 is 28.2 Å². The number of oxazole rings is 1. The zero-order valence-electron chi connectivity index (χ0n) is 21.3. The molecule has 5 rings (SSSR count). The zero-order chi connectivity index (χ0) is 27.7. The second kappa shape index (κ2) is 11.1. The van der Waals surface area contributed by atoms with Crippen LogP contribution < -0.4 is 21.3 Å². The Morgan fingerprint density at radius 3 is 2.85 bits per heavy atom. The number of aliphatic hydroxyl groups is 1. The second-order valence-electron chi connectivity index (χ2n) is 9.06. The van der Waals surface area contributed by atoms with Gasteiger partial charge in [-0.1, -0.05) is 0 Å². The van der Waals surface area contributed by atoms with E-state index in [2.05, 4.69) is 10.3 Å². The van der Waals surface area contributed by atoms with Gasteiger partial charge in [0.25, 0.3) is 5.56 Å². The van der Waals surface area contributed by atoms with Crippen molar-refractivity contribution >= 4 is 27.5 Å². The molecule has 11 nitrogen and oxygen atoms in total. The minimum Gasteiger partial charge on any atom is -0.496 e. The highest BCUT2D eigenvalue weighted by molar-refractivity contribution is 7.22. The summed E-state index contributed by atoms with van der Waals surface area (Å²) in [4.78, 5) is 45.7. The van der Waals surface area contributed by atoms with Gasteiger partial charge in [-0.2, -0.15) is 0 Å². The molecule has 3 aromatic heterocycles. The lowest BCUT2D eigenvalue weighted by Crippen LogP contribution is -2.49. The summed E-state index contributed by atoms with van der Waals surface area (Å²) in [6, 6.07) is 2.94. The van der Waals surface area contributed by atoms with Crippen molar-refractivity contribution in [2.45, 2.75) is 38.5 Å². The van der Waals surface area contributed by atoms with Crippen LogP contribution in [-0.2, 0) is 16.1 Å². The van der Waals surface area contributed by atoms with E-state index in [4.69, 9.17) is 13.9 Å². The van der Waals surface area contributed by atoms with Gasteiger partial charge in [0.1, 0.15) is 34.8 Å². The second-order valence-corrected chi connectivity index (χ2v) is 10.1. The number of piperidine rings is 1. The molecule has 39 heavy (non-hydrogen) atoms. The van der Waals surface area contributed by atoms with E-state index in [1.807, 2.05) is 0 Å². The number of carbonyl (C=O) groups excluding carboxylic acids is 1. The van der Waals surface area contributed by atoms with Crippen LogP contribution >= 0.6 is 11.3 Å². The summed E-state index contributed by atoms with van der Waals surface area (Å²) >= 11 is 1.15. The van der Waals surface area contributed by atoms with E-state index in [0.717, 1.165) is 15.9 Å². The number of aliphatic hydroxyl groups excluding tert-OH is 1. The van der Waals surface area contributed by atoms with Gasteiger partial charge in [0.2, 0.25) is 11.8 Å². The Morgan fingerprint density at radius 1 is 1.33 bits per heavy atom. The fraction of sp³-hybridized carbons (Fsp3) is 0.385. The van der Waals surface area contributed by atoms with E-state index in [1.54, 1.807) is 6.92 Å². The molecule has 2 N–H and O–H groups in total. The van der Waals surface area contributed by atoms with E-state index in [0.29, 0.717) is 46.0 Å². The maximum absolute atomic E-state index is 14.3. The number of ether oxygens (including phenoxy) is 2. The number of rotatable bonds is 9. The largest absolute Gasteiger partial charge is 0.496 e. The van der Waals surface area contributed by atoms with Gasteiger partial charge in [-0.25, -0.2) is 18.7 Å². The predicted octanol–water partition coefficient (Wildman–Crippen LogP) is 2.54. The van der Waals surface area contributed by atoms with Crippen LogP contribution in [0.1, 0.15) is 36.1 Å². The first-order chi connectivity index (χ1) is 18.8. The number of hydrogen-bond donors (Lipinski definition) is 2. The molecule has 0 aliphatic carbocycles. The summed E-state index contributed by atoms with van der Waals surface area (Å²) in [5.41, 5.74) is -0.420. The number of halogens is 1. The van der Waals surface area contributed by atoms with Gasteiger partial charge in [0.15, 0.2) is 0 Å². The lowest BCUT2D eigenvalue weighted by atomic mass is 10.1. The first-order valence-corrected chi connectivity index (χ1v) is 13.2. The third-order valence-electron chi connectivity index (χ3n) is 6.73. The first kappa shape index (κ1) is 26.8. The monoisotopic (exact) mass is 558 g/mol. The molecular formula is C26H27FN4O7S. The van der Waals surface area contributed by atoms with Gasteiger partial charge >= 0.3 is 5.69 Å². The number of amides is 1. The van der Waals surface area contributed by atoms with Crippen molar-refractivity contribution in [3.8, 4) is 16.5 Å². The highest BCUT2D eigenvalue weighted by Crippen LogP contribution is 2.37. The van der Waals surface area contributed by atoms with Crippen molar-refractivity contribution in [2.75, 3.05) is 26.9 Å². The number of carbonyl (C=O) groups is 1. The van der Waals surface area contributed by atoms with Crippen molar-refractivity contribution in [3.63, 3.8) is 0 Å². The Hall–Kier alpha value is -3.81. The average molecular weight is 559 g/mol.